The third-order valence-electron chi connectivity index (χ3n) is 4.56. The van der Waals surface area contributed by atoms with Crippen molar-refractivity contribution in [1.82, 2.24) is 0 Å². The Labute approximate surface area is 140 Å². The number of fused-ring (bicyclic) bond motifs is 3. The van der Waals surface area contributed by atoms with E-state index in [2.05, 4.69) is 4.74 Å². The van der Waals surface area contributed by atoms with Gasteiger partial charge in [-0.05, 0) is 31.6 Å². The molecule has 1 aromatic carbocycles. The molecule has 24 heavy (non-hydrogen) atoms. The Morgan fingerprint density at radius 3 is 2.79 bits per heavy atom. The molecule has 0 N–H and O–H groups in total. The van der Waals surface area contributed by atoms with Gasteiger partial charge in [0.1, 0.15) is 29.3 Å². The molecule has 3 rings (SSSR count). The van der Waals surface area contributed by atoms with Gasteiger partial charge >= 0.3 is 11.9 Å². The molecule has 6 nitrogen and oxygen atoms in total. The van der Waals surface area contributed by atoms with Gasteiger partial charge in [0.05, 0.1) is 19.8 Å². The highest BCUT2D eigenvalue weighted by Crippen LogP contribution is 2.47. The number of cyclic esters (lactones) is 1. The van der Waals surface area contributed by atoms with Crippen molar-refractivity contribution in [2.24, 2.45) is 0 Å². The normalized spacial score (nSPS) is 20.8. The number of esters is 2. The summed E-state index contributed by atoms with van der Waals surface area (Å²) >= 11 is 0. The van der Waals surface area contributed by atoms with Crippen LogP contribution in [0.1, 0.15) is 46.8 Å². The highest BCUT2D eigenvalue weighted by Gasteiger charge is 2.38. The summed E-state index contributed by atoms with van der Waals surface area (Å²) in [5, 5.41) is 0. The van der Waals surface area contributed by atoms with Gasteiger partial charge in [-0.15, -0.1) is 0 Å². The van der Waals surface area contributed by atoms with E-state index in [0.29, 0.717) is 23.5 Å². The molecule has 0 spiro atoms. The highest BCUT2D eigenvalue weighted by atomic mass is 16.5. The molecular weight excluding hydrogens is 312 g/mol. The topological polar surface area (TPSA) is 71.1 Å². The van der Waals surface area contributed by atoms with Crippen molar-refractivity contribution in [3.8, 4) is 11.5 Å². The van der Waals surface area contributed by atoms with Crippen LogP contribution >= 0.6 is 0 Å². The lowest BCUT2D eigenvalue weighted by molar-refractivity contribution is -0.141. The second-order valence-corrected chi connectivity index (χ2v) is 6.15. The summed E-state index contributed by atoms with van der Waals surface area (Å²) in [7, 11) is 2.94. The molecule has 0 saturated carbocycles. The van der Waals surface area contributed by atoms with E-state index in [1.54, 1.807) is 7.11 Å². The van der Waals surface area contributed by atoms with Crippen LogP contribution < -0.4 is 9.47 Å². The van der Waals surface area contributed by atoms with Gasteiger partial charge in [0.25, 0.3) is 0 Å². The molecule has 1 unspecified atom stereocenters. The maximum absolute atomic E-state index is 12.2. The highest BCUT2D eigenvalue weighted by molar-refractivity contribution is 5.99. The smallest absolute Gasteiger partial charge is 0.342 e. The standard InChI is InChI=1S/C18H20O6/c1-10-12-9-23-17(20)14(12)16-11(15(10)22-4)5-7-18(2,24-16)8-6-13(19)21-3/h5,7H,6,8-9H2,1-4H3. The summed E-state index contributed by atoms with van der Waals surface area (Å²) < 4.78 is 21.5. The van der Waals surface area contributed by atoms with Crippen molar-refractivity contribution >= 4 is 18.0 Å². The molecule has 2 heterocycles. The van der Waals surface area contributed by atoms with Crippen molar-refractivity contribution in [3.63, 3.8) is 0 Å². The fourth-order valence-corrected chi connectivity index (χ4v) is 3.14. The monoisotopic (exact) mass is 332 g/mol. The predicted molar refractivity (Wildman–Crippen MR) is 86.2 cm³/mol. The largest absolute Gasteiger partial charge is 0.496 e. The lowest BCUT2D eigenvalue weighted by Crippen LogP contribution is -2.33. The minimum Gasteiger partial charge on any atom is -0.496 e. The number of carbonyl (C=O) groups is 2. The van der Waals surface area contributed by atoms with Crippen LogP contribution in [0.4, 0.5) is 0 Å². The average molecular weight is 332 g/mol. The van der Waals surface area contributed by atoms with E-state index in [1.165, 1.54) is 7.11 Å². The van der Waals surface area contributed by atoms with E-state index in [4.69, 9.17) is 14.2 Å². The number of rotatable bonds is 4. The minimum atomic E-state index is -0.710. The zero-order valence-electron chi connectivity index (χ0n) is 14.2. The fraction of sp³-hybridized carbons (Fsp3) is 0.444. The van der Waals surface area contributed by atoms with E-state index in [-0.39, 0.29) is 19.0 Å². The molecule has 6 heteroatoms. The van der Waals surface area contributed by atoms with E-state index in [9.17, 15) is 9.59 Å². The molecule has 0 fully saturated rings. The van der Waals surface area contributed by atoms with E-state index >= 15 is 0 Å². The van der Waals surface area contributed by atoms with Crippen LogP contribution in [0.2, 0.25) is 0 Å². The van der Waals surface area contributed by atoms with Crippen molar-refractivity contribution in [1.29, 1.82) is 0 Å². The van der Waals surface area contributed by atoms with Crippen LogP contribution in [0, 0.1) is 6.92 Å². The Morgan fingerprint density at radius 2 is 2.12 bits per heavy atom. The zero-order valence-corrected chi connectivity index (χ0v) is 14.2. The number of benzene rings is 1. The first kappa shape index (κ1) is 16.4. The Hall–Kier alpha value is -2.50. The van der Waals surface area contributed by atoms with Crippen LogP contribution in [-0.2, 0) is 20.9 Å². The van der Waals surface area contributed by atoms with Crippen LogP contribution in [0.3, 0.4) is 0 Å². The molecule has 0 aliphatic carbocycles. The van der Waals surface area contributed by atoms with Gasteiger partial charge in [0.2, 0.25) is 0 Å². The van der Waals surface area contributed by atoms with Crippen molar-refractivity contribution < 1.29 is 28.5 Å². The molecule has 0 aromatic heterocycles. The van der Waals surface area contributed by atoms with Gasteiger partial charge < -0.3 is 18.9 Å². The number of ether oxygens (including phenoxy) is 4. The van der Waals surface area contributed by atoms with Crippen molar-refractivity contribution in [2.75, 3.05) is 14.2 Å². The molecule has 0 saturated heterocycles. The van der Waals surface area contributed by atoms with E-state index < -0.39 is 11.6 Å². The van der Waals surface area contributed by atoms with Gasteiger partial charge in [0, 0.05) is 18.4 Å². The second kappa shape index (κ2) is 5.85. The Bertz CT molecular complexity index is 749. The fourth-order valence-electron chi connectivity index (χ4n) is 3.14. The molecule has 128 valence electrons. The third kappa shape index (κ3) is 2.52. The summed E-state index contributed by atoms with van der Waals surface area (Å²) in [5.74, 6) is 0.445. The summed E-state index contributed by atoms with van der Waals surface area (Å²) in [5.41, 5.74) is 2.14. The average Bonchev–Trinajstić information content (AvgIpc) is 2.96. The quantitative estimate of drug-likeness (QED) is 0.790. The van der Waals surface area contributed by atoms with Crippen molar-refractivity contribution in [2.45, 2.75) is 38.9 Å². The zero-order chi connectivity index (χ0) is 17.5. The van der Waals surface area contributed by atoms with Crippen LogP contribution in [0.15, 0.2) is 6.08 Å². The molecule has 0 amide bonds. The molecule has 1 aromatic rings. The number of hydrogen-bond donors (Lipinski definition) is 0. The molecule has 0 bridgehead atoms. The Kier molecular flexibility index (Phi) is 3.99. The molecular formula is C18H20O6. The maximum atomic E-state index is 12.2. The van der Waals surface area contributed by atoms with Gasteiger partial charge in [0.15, 0.2) is 0 Å². The van der Waals surface area contributed by atoms with E-state index in [0.717, 1.165) is 16.7 Å². The lowest BCUT2D eigenvalue weighted by atomic mass is 9.90. The predicted octanol–water partition coefficient (Wildman–Crippen LogP) is 2.79. The lowest BCUT2D eigenvalue weighted by Gasteiger charge is -2.33. The molecule has 2 aliphatic rings. The summed E-state index contributed by atoms with van der Waals surface area (Å²) in [4.78, 5) is 23.6. The first-order valence-corrected chi connectivity index (χ1v) is 7.76. The van der Waals surface area contributed by atoms with Gasteiger partial charge in [-0.1, -0.05) is 0 Å². The number of carbonyl (C=O) groups excluding carboxylic acids is 2. The molecule has 1 atom stereocenters. The van der Waals surface area contributed by atoms with Crippen molar-refractivity contribution in [3.05, 3.63) is 28.3 Å². The second-order valence-electron chi connectivity index (χ2n) is 6.15. The minimum absolute atomic E-state index is 0.218. The maximum Gasteiger partial charge on any atom is 0.342 e. The van der Waals surface area contributed by atoms with Gasteiger partial charge in [-0.25, -0.2) is 4.79 Å². The van der Waals surface area contributed by atoms with Crippen LogP contribution in [0.5, 0.6) is 11.5 Å². The summed E-state index contributed by atoms with van der Waals surface area (Å²) in [6.07, 6.45) is 4.43. The summed E-state index contributed by atoms with van der Waals surface area (Å²) in [6, 6.07) is 0. The molecule has 2 aliphatic heterocycles. The SMILES string of the molecule is COC(=O)CCC1(C)C=Cc2c(OC)c(C)c3c(c2O1)C(=O)OC3. The van der Waals surface area contributed by atoms with Crippen LogP contribution in [0.25, 0.3) is 6.08 Å². The number of methoxy groups -OCH3 is 2. The molecule has 0 radical (unpaired) electrons. The Balaban J connectivity index is 2.04. The Morgan fingerprint density at radius 1 is 1.38 bits per heavy atom. The third-order valence-corrected chi connectivity index (χ3v) is 4.56. The van der Waals surface area contributed by atoms with E-state index in [1.807, 2.05) is 26.0 Å². The number of hydrogen-bond acceptors (Lipinski definition) is 6. The first-order chi connectivity index (χ1) is 11.4. The first-order valence-electron chi connectivity index (χ1n) is 7.76. The van der Waals surface area contributed by atoms with Gasteiger partial charge in [-0.2, -0.15) is 0 Å². The summed E-state index contributed by atoms with van der Waals surface area (Å²) in [6.45, 7) is 3.99. The van der Waals surface area contributed by atoms with Gasteiger partial charge in [-0.3, -0.25) is 4.79 Å². The van der Waals surface area contributed by atoms with Crippen LogP contribution in [-0.4, -0.2) is 31.8 Å².